The topological polar surface area (TPSA) is 54.9 Å². The second-order valence-electron chi connectivity index (χ2n) is 5.77. The Morgan fingerprint density at radius 2 is 1.65 bits per heavy atom. The molecule has 4 rings (SSSR count). The minimum absolute atomic E-state index is 0.273. The van der Waals surface area contributed by atoms with E-state index in [1.807, 2.05) is 36.4 Å². The number of halogens is 1. The second kappa shape index (κ2) is 6.72. The van der Waals surface area contributed by atoms with Crippen LogP contribution in [0.25, 0.3) is 22.2 Å². The summed E-state index contributed by atoms with van der Waals surface area (Å²) >= 11 is 0. The van der Waals surface area contributed by atoms with Gasteiger partial charge in [0.05, 0.1) is 16.8 Å². The van der Waals surface area contributed by atoms with Crippen LogP contribution in [0.15, 0.2) is 79.1 Å². The Bertz CT molecular complexity index is 1080. The van der Waals surface area contributed by atoms with E-state index in [1.165, 1.54) is 24.3 Å². The van der Waals surface area contributed by atoms with E-state index in [4.69, 9.17) is 0 Å². The fraction of sp³-hybridized carbons (Fsp3) is 0. The maximum Gasteiger partial charge on any atom is 0.256 e. The molecule has 0 saturated carbocycles. The highest BCUT2D eigenvalue weighted by molar-refractivity contribution is 6.13. The predicted octanol–water partition coefficient (Wildman–Crippen LogP) is 4.69. The molecule has 2 aromatic heterocycles. The van der Waals surface area contributed by atoms with Crippen LogP contribution in [0.2, 0.25) is 0 Å². The molecule has 2 heterocycles. The van der Waals surface area contributed by atoms with Crippen molar-refractivity contribution in [2.75, 3.05) is 5.32 Å². The van der Waals surface area contributed by atoms with Crippen LogP contribution >= 0.6 is 0 Å². The van der Waals surface area contributed by atoms with Crippen LogP contribution in [-0.2, 0) is 0 Å². The molecule has 4 nitrogen and oxygen atoms in total. The van der Waals surface area contributed by atoms with Gasteiger partial charge in [-0.2, -0.15) is 0 Å². The largest absolute Gasteiger partial charge is 0.322 e. The monoisotopic (exact) mass is 343 g/mol. The molecule has 5 heteroatoms. The molecule has 1 amide bonds. The molecule has 26 heavy (non-hydrogen) atoms. The zero-order chi connectivity index (χ0) is 17.9. The van der Waals surface area contributed by atoms with Gasteiger partial charge in [-0.05, 0) is 48.5 Å². The lowest BCUT2D eigenvalue weighted by molar-refractivity contribution is 0.102. The van der Waals surface area contributed by atoms with Crippen LogP contribution in [0, 0.1) is 5.82 Å². The molecule has 2 aromatic carbocycles. The smallest absolute Gasteiger partial charge is 0.256 e. The van der Waals surface area contributed by atoms with Crippen molar-refractivity contribution in [2.24, 2.45) is 0 Å². The molecule has 0 radical (unpaired) electrons. The summed E-state index contributed by atoms with van der Waals surface area (Å²) in [7, 11) is 0. The van der Waals surface area contributed by atoms with Gasteiger partial charge in [0.25, 0.3) is 5.91 Å². The zero-order valence-electron chi connectivity index (χ0n) is 13.7. The molecular formula is C21H14FN3O. The summed E-state index contributed by atoms with van der Waals surface area (Å²) in [5.41, 5.74) is 3.33. The van der Waals surface area contributed by atoms with Crippen LogP contribution in [0.1, 0.15) is 10.4 Å². The molecule has 0 bridgehead atoms. The number of nitrogens with zero attached hydrogens (tertiary/aromatic N) is 2. The summed E-state index contributed by atoms with van der Waals surface area (Å²) in [6.07, 6.45) is 3.37. The highest BCUT2D eigenvalue weighted by Crippen LogP contribution is 2.25. The number of hydrogen-bond acceptors (Lipinski definition) is 3. The first kappa shape index (κ1) is 15.9. The first-order valence-electron chi connectivity index (χ1n) is 8.08. The van der Waals surface area contributed by atoms with Crippen LogP contribution in [-0.4, -0.2) is 15.9 Å². The number of hydrogen-bond donors (Lipinski definition) is 1. The van der Waals surface area contributed by atoms with Gasteiger partial charge in [-0.15, -0.1) is 0 Å². The highest BCUT2D eigenvalue weighted by Gasteiger charge is 2.14. The Kier molecular flexibility index (Phi) is 4.11. The maximum atomic E-state index is 13.1. The van der Waals surface area contributed by atoms with Gasteiger partial charge in [-0.1, -0.05) is 18.2 Å². The summed E-state index contributed by atoms with van der Waals surface area (Å²) in [6, 6.07) is 18.6. The summed E-state index contributed by atoms with van der Waals surface area (Å²) < 4.78 is 13.1. The Morgan fingerprint density at radius 1 is 0.923 bits per heavy atom. The van der Waals surface area contributed by atoms with Crippen molar-refractivity contribution in [3.63, 3.8) is 0 Å². The molecule has 4 aromatic rings. The molecule has 0 aliphatic rings. The van der Waals surface area contributed by atoms with Gasteiger partial charge in [0.2, 0.25) is 0 Å². The van der Waals surface area contributed by atoms with Gasteiger partial charge in [-0.3, -0.25) is 9.78 Å². The normalized spacial score (nSPS) is 10.7. The fourth-order valence-corrected chi connectivity index (χ4v) is 2.77. The third-order valence-electron chi connectivity index (χ3n) is 4.04. The summed E-state index contributed by atoms with van der Waals surface area (Å²) in [4.78, 5) is 21.5. The summed E-state index contributed by atoms with van der Waals surface area (Å²) in [5.74, 6) is -0.622. The minimum atomic E-state index is -0.350. The van der Waals surface area contributed by atoms with E-state index in [2.05, 4.69) is 15.3 Å². The van der Waals surface area contributed by atoms with Crippen molar-refractivity contribution in [1.82, 2.24) is 9.97 Å². The molecule has 0 aliphatic heterocycles. The Hall–Kier alpha value is -3.60. The van der Waals surface area contributed by atoms with Crippen molar-refractivity contribution in [3.05, 3.63) is 90.5 Å². The van der Waals surface area contributed by atoms with Gasteiger partial charge in [0.1, 0.15) is 5.82 Å². The first-order valence-corrected chi connectivity index (χ1v) is 8.08. The van der Waals surface area contributed by atoms with E-state index < -0.39 is 0 Å². The third-order valence-corrected chi connectivity index (χ3v) is 4.04. The number of carbonyl (C=O) groups excluding carboxylic acids is 1. The van der Waals surface area contributed by atoms with Gasteiger partial charge in [-0.25, -0.2) is 9.37 Å². The molecule has 0 saturated heterocycles. The predicted molar refractivity (Wildman–Crippen MR) is 99.3 cm³/mol. The Balaban J connectivity index is 1.79. The number of aromatic nitrogens is 2. The van der Waals surface area contributed by atoms with Crippen molar-refractivity contribution in [3.8, 4) is 11.3 Å². The number of para-hydroxylation sites is 1. The van der Waals surface area contributed by atoms with Crippen molar-refractivity contribution < 1.29 is 9.18 Å². The molecular weight excluding hydrogens is 329 g/mol. The van der Waals surface area contributed by atoms with Gasteiger partial charge in [0.15, 0.2) is 0 Å². The molecule has 0 spiro atoms. The third kappa shape index (κ3) is 3.15. The average Bonchev–Trinajstić information content (AvgIpc) is 2.69. The number of rotatable bonds is 3. The van der Waals surface area contributed by atoms with Gasteiger partial charge >= 0.3 is 0 Å². The number of pyridine rings is 2. The zero-order valence-corrected chi connectivity index (χ0v) is 13.7. The maximum absolute atomic E-state index is 13.1. The molecule has 0 aliphatic carbocycles. The number of anilines is 1. The summed E-state index contributed by atoms with van der Waals surface area (Å²) in [6.45, 7) is 0. The molecule has 126 valence electrons. The first-order chi connectivity index (χ1) is 12.7. The molecule has 1 N–H and O–H groups in total. The van der Waals surface area contributed by atoms with E-state index in [0.717, 1.165) is 16.5 Å². The van der Waals surface area contributed by atoms with Crippen molar-refractivity contribution in [1.29, 1.82) is 0 Å². The minimum Gasteiger partial charge on any atom is -0.322 e. The number of amides is 1. The summed E-state index contributed by atoms with van der Waals surface area (Å²) in [5, 5.41) is 3.57. The standard InChI is InChI=1S/C21H14FN3O/c22-15-5-7-16(8-6-15)24-21(26)18-13-20(14-9-11-23-12-10-14)25-19-4-2-1-3-17(18)19/h1-13H,(H,24,26). The average molecular weight is 343 g/mol. The number of benzene rings is 2. The molecule has 0 unspecified atom stereocenters. The van der Waals surface area contributed by atoms with Gasteiger partial charge < -0.3 is 5.32 Å². The molecule has 0 fully saturated rings. The Morgan fingerprint density at radius 3 is 2.42 bits per heavy atom. The second-order valence-corrected chi connectivity index (χ2v) is 5.77. The van der Waals surface area contributed by atoms with Crippen molar-refractivity contribution >= 4 is 22.5 Å². The molecule has 0 atom stereocenters. The van der Waals surface area contributed by atoms with E-state index in [1.54, 1.807) is 18.5 Å². The lowest BCUT2D eigenvalue weighted by atomic mass is 10.0. The quantitative estimate of drug-likeness (QED) is 0.587. The number of nitrogens with one attached hydrogen (secondary N) is 1. The van der Waals surface area contributed by atoms with E-state index >= 15 is 0 Å². The van der Waals surface area contributed by atoms with Gasteiger partial charge in [0, 0.05) is 29.0 Å². The van der Waals surface area contributed by atoms with Crippen LogP contribution in [0.3, 0.4) is 0 Å². The lowest BCUT2D eigenvalue weighted by Crippen LogP contribution is -2.13. The van der Waals surface area contributed by atoms with Crippen LogP contribution in [0.5, 0.6) is 0 Å². The highest BCUT2D eigenvalue weighted by atomic mass is 19.1. The van der Waals surface area contributed by atoms with E-state index in [-0.39, 0.29) is 11.7 Å². The van der Waals surface area contributed by atoms with E-state index in [0.29, 0.717) is 16.9 Å². The fourth-order valence-electron chi connectivity index (χ4n) is 2.77. The Labute approximate surface area is 149 Å². The lowest BCUT2D eigenvalue weighted by Gasteiger charge is -2.10. The van der Waals surface area contributed by atoms with Crippen LogP contribution < -0.4 is 5.32 Å². The SMILES string of the molecule is O=C(Nc1ccc(F)cc1)c1cc(-c2ccncc2)nc2ccccc12. The van der Waals surface area contributed by atoms with Crippen LogP contribution in [0.4, 0.5) is 10.1 Å². The number of carbonyl (C=O) groups is 1. The number of fused-ring (bicyclic) bond motifs is 1. The van der Waals surface area contributed by atoms with E-state index in [9.17, 15) is 9.18 Å². The van der Waals surface area contributed by atoms with Crippen molar-refractivity contribution in [2.45, 2.75) is 0 Å².